The molecule has 5 heteroatoms. The van der Waals surface area contributed by atoms with Crippen molar-refractivity contribution < 1.29 is 4.79 Å². The van der Waals surface area contributed by atoms with Crippen LogP contribution in [0.25, 0.3) is 10.8 Å². The first-order valence-electron chi connectivity index (χ1n) is 8.17. The molecule has 0 aliphatic heterocycles. The third-order valence-corrected chi connectivity index (χ3v) is 4.73. The summed E-state index contributed by atoms with van der Waals surface area (Å²) in [7, 11) is 1.64. The molecule has 4 nitrogen and oxygen atoms in total. The quantitative estimate of drug-likeness (QED) is 0.567. The number of nitrogens with one attached hydrogen (secondary N) is 3. The van der Waals surface area contributed by atoms with Gasteiger partial charge in [0.05, 0.1) is 6.54 Å². The van der Waals surface area contributed by atoms with E-state index in [-0.39, 0.29) is 5.91 Å². The Bertz CT molecular complexity index is 852. The van der Waals surface area contributed by atoms with Crippen molar-refractivity contribution in [1.29, 1.82) is 0 Å². The Hall–Kier alpha value is -2.50. The van der Waals surface area contributed by atoms with E-state index in [1.54, 1.807) is 19.0 Å². The van der Waals surface area contributed by atoms with E-state index in [9.17, 15) is 4.79 Å². The van der Waals surface area contributed by atoms with Crippen molar-refractivity contribution in [2.75, 3.05) is 18.3 Å². The van der Waals surface area contributed by atoms with Crippen LogP contribution in [0.2, 0.25) is 0 Å². The fraction of sp³-hybridized carbons (Fsp3) is 0.150. The molecule has 0 unspecified atom stereocenters. The maximum Gasteiger partial charge on any atom is 0.233 e. The topological polar surface area (TPSA) is 53.2 Å². The van der Waals surface area contributed by atoms with Crippen molar-refractivity contribution in [2.45, 2.75) is 11.4 Å². The number of amides is 1. The lowest BCUT2D eigenvalue weighted by Gasteiger charge is -2.10. The molecule has 0 saturated heterocycles. The van der Waals surface area contributed by atoms with Crippen LogP contribution in [-0.4, -0.2) is 19.5 Å². The number of benzene rings is 3. The Labute approximate surface area is 152 Å². The molecule has 0 atom stereocenters. The molecule has 0 heterocycles. The number of carbonyl (C=O) groups is 1. The average Bonchev–Trinajstić information content (AvgIpc) is 2.67. The first-order chi connectivity index (χ1) is 12.3. The molecule has 128 valence electrons. The fourth-order valence-electron chi connectivity index (χ4n) is 2.57. The Balaban J connectivity index is 1.69. The second kappa shape index (κ2) is 8.55. The monoisotopic (exact) mass is 351 g/mol. The van der Waals surface area contributed by atoms with Crippen molar-refractivity contribution in [3.63, 3.8) is 0 Å². The number of likely N-dealkylation sites (N-methyl/N-ethyl adjacent to an activating group) is 1. The van der Waals surface area contributed by atoms with E-state index < -0.39 is 0 Å². The highest BCUT2D eigenvalue weighted by atomic mass is 32.2. The summed E-state index contributed by atoms with van der Waals surface area (Å²) in [4.78, 5) is 12.5. The summed E-state index contributed by atoms with van der Waals surface area (Å²) in [6, 6.07) is 22.8. The summed E-state index contributed by atoms with van der Waals surface area (Å²) >= 11 is 1.60. The van der Waals surface area contributed by atoms with E-state index in [2.05, 4.69) is 57.8 Å². The number of hydrogen-bond acceptors (Lipinski definition) is 4. The minimum atomic E-state index is -0.00957. The number of anilines is 1. The third kappa shape index (κ3) is 4.75. The van der Waals surface area contributed by atoms with Gasteiger partial charge in [-0.1, -0.05) is 42.5 Å². The zero-order chi connectivity index (χ0) is 17.5. The maximum absolute atomic E-state index is 11.3. The van der Waals surface area contributed by atoms with Gasteiger partial charge < -0.3 is 15.4 Å². The predicted molar refractivity (Wildman–Crippen MR) is 106 cm³/mol. The van der Waals surface area contributed by atoms with Gasteiger partial charge in [-0.25, -0.2) is 0 Å². The largest absolute Gasteiger partial charge is 0.358 e. The van der Waals surface area contributed by atoms with Crippen LogP contribution in [-0.2, 0) is 11.3 Å². The highest BCUT2D eigenvalue weighted by Gasteiger charge is 2.04. The van der Waals surface area contributed by atoms with Gasteiger partial charge in [0.15, 0.2) is 0 Å². The van der Waals surface area contributed by atoms with E-state index in [0.29, 0.717) is 13.1 Å². The minimum Gasteiger partial charge on any atom is -0.358 e. The number of carbonyl (C=O) groups excluding carboxylic acids is 1. The standard InChI is InChI=1S/C20H21N3OS/c1-21-20(24)14-22-13-16-7-5-6-15-12-17(10-11-19(15)16)23-25-18-8-3-2-4-9-18/h2-12,22-23H,13-14H2,1H3,(H,21,24). The highest BCUT2D eigenvalue weighted by Crippen LogP contribution is 2.26. The highest BCUT2D eigenvalue weighted by molar-refractivity contribution is 8.00. The van der Waals surface area contributed by atoms with Crippen LogP contribution >= 0.6 is 11.9 Å². The molecule has 0 radical (unpaired) electrons. The third-order valence-electron chi connectivity index (χ3n) is 3.88. The summed E-state index contributed by atoms with van der Waals surface area (Å²) in [6.07, 6.45) is 0. The zero-order valence-electron chi connectivity index (χ0n) is 14.1. The maximum atomic E-state index is 11.3. The Morgan fingerprint density at radius 3 is 2.64 bits per heavy atom. The van der Waals surface area contributed by atoms with Gasteiger partial charge >= 0.3 is 0 Å². The fourth-order valence-corrected chi connectivity index (χ4v) is 3.23. The van der Waals surface area contributed by atoms with Gasteiger partial charge in [0, 0.05) is 24.2 Å². The molecule has 3 aromatic rings. The first-order valence-corrected chi connectivity index (χ1v) is 8.99. The van der Waals surface area contributed by atoms with Crippen molar-refractivity contribution >= 4 is 34.3 Å². The van der Waals surface area contributed by atoms with Gasteiger partial charge in [-0.3, -0.25) is 4.79 Å². The predicted octanol–water partition coefficient (Wildman–Crippen LogP) is 3.79. The van der Waals surface area contributed by atoms with Crippen LogP contribution < -0.4 is 15.4 Å². The van der Waals surface area contributed by atoms with Crippen LogP contribution in [0.4, 0.5) is 5.69 Å². The number of hydrogen-bond donors (Lipinski definition) is 3. The Morgan fingerprint density at radius 1 is 1.00 bits per heavy atom. The summed E-state index contributed by atoms with van der Waals surface area (Å²) in [5.41, 5.74) is 2.25. The van der Waals surface area contributed by atoms with Gasteiger partial charge in [-0.2, -0.15) is 0 Å². The van der Waals surface area contributed by atoms with Crippen LogP contribution in [0.15, 0.2) is 71.6 Å². The van der Waals surface area contributed by atoms with Gasteiger partial charge in [0.25, 0.3) is 0 Å². The zero-order valence-corrected chi connectivity index (χ0v) is 14.9. The molecule has 25 heavy (non-hydrogen) atoms. The van der Waals surface area contributed by atoms with Gasteiger partial charge in [0.1, 0.15) is 0 Å². The lowest BCUT2D eigenvalue weighted by Crippen LogP contribution is -2.30. The molecule has 0 fully saturated rings. The van der Waals surface area contributed by atoms with Crippen molar-refractivity contribution in [3.05, 3.63) is 72.3 Å². The normalized spacial score (nSPS) is 10.6. The van der Waals surface area contributed by atoms with Crippen LogP contribution in [0.3, 0.4) is 0 Å². The lowest BCUT2D eigenvalue weighted by atomic mass is 10.0. The molecule has 3 rings (SSSR count). The summed E-state index contributed by atoms with van der Waals surface area (Å²) in [6.45, 7) is 0.983. The molecule has 0 aliphatic rings. The summed E-state index contributed by atoms with van der Waals surface area (Å²) < 4.78 is 3.39. The van der Waals surface area contributed by atoms with Gasteiger partial charge in [0.2, 0.25) is 5.91 Å². The van der Waals surface area contributed by atoms with Crippen molar-refractivity contribution in [2.24, 2.45) is 0 Å². The lowest BCUT2D eigenvalue weighted by molar-refractivity contribution is -0.119. The number of rotatable bonds is 7. The molecule has 0 bridgehead atoms. The van der Waals surface area contributed by atoms with E-state index in [1.807, 2.05) is 24.3 Å². The Morgan fingerprint density at radius 2 is 1.84 bits per heavy atom. The molecule has 1 amide bonds. The van der Waals surface area contributed by atoms with Gasteiger partial charge in [-0.15, -0.1) is 0 Å². The Kier molecular flexibility index (Phi) is 5.93. The van der Waals surface area contributed by atoms with E-state index in [0.717, 1.165) is 5.69 Å². The van der Waals surface area contributed by atoms with E-state index in [4.69, 9.17) is 0 Å². The molecular formula is C20H21N3OS. The molecule has 3 N–H and O–H groups in total. The van der Waals surface area contributed by atoms with Crippen molar-refractivity contribution in [1.82, 2.24) is 10.6 Å². The molecule has 0 saturated carbocycles. The van der Waals surface area contributed by atoms with E-state index >= 15 is 0 Å². The molecule has 0 aliphatic carbocycles. The first kappa shape index (κ1) is 17.3. The molecule has 0 aromatic heterocycles. The second-order valence-corrected chi connectivity index (χ2v) is 6.53. The van der Waals surface area contributed by atoms with Crippen LogP contribution in [0.5, 0.6) is 0 Å². The second-order valence-electron chi connectivity index (χ2n) is 5.65. The number of fused-ring (bicyclic) bond motifs is 1. The minimum absolute atomic E-state index is 0.00957. The molecule has 3 aromatic carbocycles. The summed E-state index contributed by atoms with van der Waals surface area (Å²) in [5.74, 6) is -0.00957. The van der Waals surface area contributed by atoms with Crippen molar-refractivity contribution in [3.8, 4) is 0 Å². The SMILES string of the molecule is CNC(=O)CNCc1cccc2cc(NSc3ccccc3)ccc12. The smallest absolute Gasteiger partial charge is 0.233 e. The summed E-state index contributed by atoms with van der Waals surface area (Å²) in [5, 5.41) is 8.16. The molecule has 0 spiro atoms. The van der Waals surface area contributed by atoms with Crippen LogP contribution in [0, 0.1) is 0 Å². The van der Waals surface area contributed by atoms with E-state index in [1.165, 1.54) is 21.2 Å². The average molecular weight is 351 g/mol. The van der Waals surface area contributed by atoms with Crippen LogP contribution in [0.1, 0.15) is 5.56 Å². The van der Waals surface area contributed by atoms with Gasteiger partial charge in [-0.05, 0) is 52.5 Å². The molecular weight excluding hydrogens is 330 g/mol.